The molecule has 0 spiro atoms. The van der Waals surface area contributed by atoms with Crippen molar-refractivity contribution in [3.63, 3.8) is 0 Å². The van der Waals surface area contributed by atoms with Crippen LogP contribution in [0.4, 0.5) is 5.69 Å². The van der Waals surface area contributed by atoms with E-state index in [0.717, 1.165) is 16.3 Å². The lowest BCUT2D eigenvalue weighted by molar-refractivity contribution is -0.117. The molecule has 0 bridgehead atoms. The van der Waals surface area contributed by atoms with Crippen molar-refractivity contribution in [2.75, 3.05) is 23.7 Å². The Balaban J connectivity index is 2.40. The van der Waals surface area contributed by atoms with Crippen LogP contribution in [0.5, 0.6) is 0 Å². The van der Waals surface area contributed by atoms with Gasteiger partial charge in [-0.05, 0) is 18.2 Å². The van der Waals surface area contributed by atoms with Crippen LogP contribution in [-0.4, -0.2) is 24.7 Å². The van der Waals surface area contributed by atoms with Crippen LogP contribution < -0.4 is 10.6 Å². The third kappa shape index (κ3) is 2.12. The molecule has 2 rings (SSSR count). The summed E-state index contributed by atoms with van der Waals surface area (Å²) in [5.41, 5.74) is 6.25. The predicted molar refractivity (Wildman–Crippen MR) is 63.6 cm³/mol. The summed E-state index contributed by atoms with van der Waals surface area (Å²) in [6.07, 6.45) is 0. The Kier molecular flexibility index (Phi) is 3.19. The average molecular weight is 243 g/mol. The first-order valence-corrected chi connectivity index (χ1v) is 6.01. The van der Waals surface area contributed by atoms with E-state index in [2.05, 4.69) is 0 Å². The van der Waals surface area contributed by atoms with Crippen molar-refractivity contribution < 1.29 is 4.79 Å². The molecule has 2 N–H and O–H groups in total. The smallest absolute Gasteiger partial charge is 0.240 e. The summed E-state index contributed by atoms with van der Waals surface area (Å²) in [5.74, 6) is 0.846. The summed E-state index contributed by atoms with van der Waals surface area (Å²) in [6, 6.07) is 5.60. The highest BCUT2D eigenvalue weighted by atomic mass is 35.5. The molecule has 15 heavy (non-hydrogen) atoms. The maximum atomic E-state index is 11.6. The van der Waals surface area contributed by atoms with Gasteiger partial charge in [0, 0.05) is 22.2 Å². The minimum Gasteiger partial charge on any atom is -0.322 e. The lowest BCUT2D eigenvalue weighted by atomic mass is 10.2. The van der Waals surface area contributed by atoms with Crippen LogP contribution in [0.3, 0.4) is 0 Å². The zero-order valence-electron chi connectivity index (χ0n) is 8.07. The number of halogens is 1. The second kappa shape index (κ2) is 4.43. The first-order valence-electron chi connectivity index (χ1n) is 4.65. The molecule has 1 aliphatic heterocycles. The third-order valence-corrected chi connectivity index (χ3v) is 3.54. The van der Waals surface area contributed by atoms with Gasteiger partial charge in [0.1, 0.15) is 0 Å². The first kappa shape index (κ1) is 10.8. The van der Waals surface area contributed by atoms with Gasteiger partial charge in [0.15, 0.2) is 0 Å². The van der Waals surface area contributed by atoms with E-state index in [0.29, 0.717) is 11.6 Å². The third-order valence-electron chi connectivity index (χ3n) is 2.26. The number of rotatable bonds is 1. The van der Waals surface area contributed by atoms with Gasteiger partial charge in [0.05, 0.1) is 12.2 Å². The number of nitrogens with two attached hydrogens (primary N) is 1. The Labute approximate surface area is 97.6 Å². The van der Waals surface area contributed by atoms with E-state index in [-0.39, 0.29) is 12.5 Å². The van der Waals surface area contributed by atoms with Crippen LogP contribution in [0.15, 0.2) is 23.1 Å². The molecule has 3 nitrogen and oxygen atoms in total. The number of carbonyl (C=O) groups is 1. The highest BCUT2D eigenvalue weighted by Crippen LogP contribution is 2.36. The fourth-order valence-electron chi connectivity index (χ4n) is 1.56. The van der Waals surface area contributed by atoms with Gasteiger partial charge in [-0.25, -0.2) is 0 Å². The highest BCUT2D eigenvalue weighted by Gasteiger charge is 2.21. The SMILES string of the molecule is NCC(=O)N1CCSc2ccc(Cl)cc21. The molecule has 80 valence electrons. The van der Waals surface area contributed by atoms with Crippen molar-refractivity contribution in [3.8, 4) is 0 Å². The molecule has 1 aliphatic rings. The zero-order chi connectivity index (χ0) is 10.8. The van der Waals surface area contributed by atoms with E-state index in [1.165, 1.54) is 0 Å². The van der Waals surface area contributed by atoms with Crippen LogP contribution in [0.25, 0.3) is 0 Å². The Hall–Kier alpha value is -0.710. The molecule has 5 heteroatoms. The van der Waals surface area contributed by atoms with Crippen LogP contribution in [0.1, 0.15) is 0 Å². The van der Waals surface area contributed by atoms with Crippen molar-refractivity contribution in [2.24, 2.45) is 5.73 Å². The topological polar surface area (TPSA) is 46.3 Å². The van der Waals surface area contributed by atoms with E-state index in [9.17, 15) is 4.79 Å². The lowest BCUT2D eigenvalue weighted by Crippen LogP contribution is -2.39. The molecule has 0 unspecified atom stereocenters. The van der Waals surface area contributed by atoms with Crippen molar-refractivity contribution in [3.05, 3.63) is 23.2 Å². The molecule has 0 saturated heterocycles. The molecular weight excluding hydrogens is 232 g/mol. The number of carbonyl (C=O) groups excluding carboxylic acids is 1. The fraction of sp³-hybridized carbons (Fsp3) is 0.300. The molecule has 0 aliphatic carbocycles. The molecule has 0 atom stereocenters. The predicted octanol–water partition coefficient (Wildman–Crippen LogP) is 1.74. The van der Waals surface area contributed by atoms with Gasteiger partial charge >= 0.3 is 0 Å². The highest BCUT2D eigenvalue weighted by molar-refractivity contribution is 7.99. The lowest BCUT2D eigenvalue weighted by Gasteiger charge is -2.28. The molecule has 1 aromatic rings. The van der Waals surface area contributed by atoms with Gasteiger partial charge < -0.3 is 10.6 Å². The normalized spacial score (nSPS) is 14.9. The maximum Gasteiger partial charge on any atom is 0.240 e. The van der Waals surface area contributed by atoms with Crippen molar-refractivity contribution in [2.45, 2.75) is 4.90 Å². The molecule has 1 aromatic carbocycles. The fourth-order valence-corrected chi connectivity index (χ4v) is 2.70. The molecule has 0 aromatic heterocycles. The number of thioether (sulfide) groups is 1. The monoisotopic (exact) mass is 242 g/mol. The minimum absolute atomic E-state index is 0.0383. The largest absolute Gasteiger partial charge is 0.322 e. The van der Waals surface area contributed by atoms with E-state index >= 15 is 0 Å². The number of amides is 1. The molecule has 1 amide bonds. The first-order chi connectivity index (χ1) is 7.22. The number of benzene rings is 1. The molecule has 0 saturated carbocycles. The summed E-state index contributed by atoms with van der Waals surface area (Å²) in [4.78, 5) is 14.4. The Morgan fingerprint density at radius 2 is 2.40 bits per heavy atom. The number of hydrogen-bond acceptors (Lipinski definition) is 3. The van der Waals surface area contributed by atoms with Crippen molar-refractivity contribution in [1.82, 2.24) is 0 Å². The van der Waals surface area contributed by atoms with Crippen LogP contribution in [-0.2, 0) is 4.79 Å². The standard InChI is InChI=1S/C10H11ClN2OS/c11-7-1-2-9-8(5-7)13(3-4-15-9)10(14)6-12/h1-2,5H,3-4,6,12H2. The maximum absolute atomic E-state index is 11.6. The van der Waals surface area contributed by atoms with Crippen LogP contribution in [0.2, 0.25) is 5.02 Å². The summed E-state index contributed by atoms with van der Waals surface area (Å²) in [6.45, 7) is 0.741. The van der Waals surface area contributed by atoms with Gasteiger partial charge in [-0.15, -0.1) is 11.8 Å². The number of nitrogens with zero attached hydrogens (tertiary/aromatic N) is 1. The van der Waals surface area contributed by atoms with E-state index in [1.54, 1.807) is 16.7 Å². The molecule has 0 radical (unpaired) electrons. The molecular formula is C10H11ClN2OS. The number of hydrogen-bond donors (Lipinski definition) is 1. The van der Waals surface area contributed by atoms with Crippen molar-refractivity contribution in [1.29, 1.82) is 0 Å². The van der Waals surface area contributed by atoms with Gasteiger partial charge in [0.25, 0.3) is 0 Å². The van der Waals surface area contributed by atoms with E-state index in [1.807, 2.05) is 18.2 Å². The minimum atomic E-state index is -0.0567. The Morgan fingerprint density at radius 3 is 3.13 bits per heavy atom. The zero-order valence-corrected chi connectivity index (χ0v) is 9.64. The van der Waals surface area contributed by atoms with Gasteiger partial charge in [0.2, 0.25) is 5.91 Å². The number of fused-ring (bicyclic) bond motifs is 1. The van der Waals surface area contributed by atoms with Crippen LogP contribution >= 0.6 is 23.4 Å². The quantitative estimate of drug-likeness (QED) is 0.816. The summed E-state index contributed by atoms with van der Waals surface area (Å²) >= 11 is 7.65. The summed E-state index contributed by atoms with van der Waals surface area (Å²) in [7, 11) is 0. The summed E-state index contributed by atoms with van der Waals surface area (Å²) < 4.78 is 0. The average Bonchev–Trinajstić information content (AvgIpc) is 2.27. The number of anilines is 1. The van der Waals surface area contributed by atoms with E-state index < -0.39 is 0 Å². The van der Waals surface area contributed by atoms with Crippen LogP contribution in [0, 0.1) is 0 Å². The summed E-state index contributed by atoms with van der Waals surface area (Å²) in [5, 5.41) is 0.645. The van der Waals surface area contributed by atoms with Gasteiger partial charge in [-0.3, -0.25) is 4.79 Å². The van der Waals surface area contributed by atoms with E-state index in [4.69, 9.17) is 17.3 Å². The Bertz CT molecular complexity index is 397. The second-order valence-corrected chi connectivity index (χ2v) is 4.78. The molecule has 0 fully saturated rings. The van der Waals surface area contributed by atoms with Gasteiger partial charge in [-0.1, -0.05) is 11.6 Å². The second-order valence-electron chi connectivity index (χ2n) is 3.21. The van der Waals surface area contributed by atoms with Gasteiger partial charge in [-0.2, -0.15) is 0 Å². The molecule has 1 heterocycles. The Morgan fingerprint density at radius 1 is 1.60 bits per heavy atom. The van der Waals surface area contributed by atoms with Crippen molar-refractivity contribution >= 4 is 35.0 Å².